The van der Waals surface area contributed by atoms with Crippen LogP contribution in [0.2, 0.25) is 0 Å². The summed E-state index contributed by atoms with van der Waals surface area (Å²) in [6.07, 6.45) is -2.91. The van der Waals surface area contributed by atoms with Gasteiger partial charge in [0.25, 0.3) is 0 Å². The number of aliphatic imine (C=N–C) groups is 1. The number of benzene rings is 2. The Hall–Kier alpha value is -2.25. The zero-order valence-electron chi connectivity index (χ0n) is 13.1. The molecule has 0 bridgehead atoms. The third-order valence-corrected chi connectivity index (χ3v) is 4.67. The molecule has 1 saturated heterocycles. The molecule has 2 heterocycles. The summed E-state index contributed by atoms with van der Waals surface area (Å²) in [5.74, 6) is -0.365. The van der Waals surface area contributed by atoms with Crippen LogP contribution >= 0.6 is 0 Å². The summed E-state index contributed by atoms with van der Waals surface area (Å²) in [6, 6.07) is 9.90. The van der Waals surface area contributed by atoms with Gasteiger partial charge in [-0.15, -0.1) is 0 Å². The van der Waals surface area contributed by atoms with Crippen LogP contribution < -0.4 is 10.6 Å². The smallest absolute Gasteiger partial charge is 0.299 e. The molecule has 7 heteroatoms. The second-order valence-electron chi connectivity index (χ2n) is 6.33. The Morgan fingerprint density at radius 3 is 2.76 bits per heavy atom. The molecule has 0 saturated carbocycles. The summed E-state index contributed by atoms with van der Waals surface area (Å²) in [6.45, 7) is 0.436. The van der Waals surface area contributed by atoms with E-state index in [1.165, 1.54) is 24.3 Å². The first-order valence-corrected chi connectivity index (χ1v) is 7.89. The standard InChI is InChI=1S/C18H15F4N3/c19-12-5-6-15-14(8-12)17(9-23-15)10-24-16(25-17)7-11-3-1-2-4-13(11)18(20,21)22/h1-6,8-9,16,24-25H,7,10H2/t16-,17?/m1/s1. The lowest BCUT2D eigenvalue weighted by Gasteiger charge is -2.23. The highest BCUT2D eigenvalue weighted by atomic mass is 19.4. The molecule has 2 aromatic rings. The van der Waals surface area contributed by atoms with E-state index in [0.29, 0.717) is 17.8 Å². The lowest BCUT2D eigenvalue weighted by Crippen LogP contribution is -2.43. The molecule has 130 valence electrons. The zero-order chi connectivity index (χ0) is 17.7. The van der Waals surface area contributed by atoms with Crippen molar-refractivity contribution in [1.29, 1.82) is 0 Å². The third-order valence-electron chi connectivity index (χ3n) is 4.67. The molecule has 1 fully saturated rings. The Kier molecular flexibility index (Phi) is 3.66. The van der Waals surface area contributed by atoms with Crippen molar-refractivity contribution < 1.29 is 17.6 Å². The number of nitrogens with one attached hydrogen (secondary N) is 2. The Balaban J connectivity index is 1.58. The predicted octanol–water partition coefficient (Wildman–Crippen LogP) is 3.52. The first-order valence-electron chi connectivity index (χ1n) is 7.89. The number of halogens is 4. The molecule has 0 aromatic heterocycles. The fourth-order valence-corrected chi connectivity index (χ4v) is 3.50. The normalized spacial score (nSPS) is 24.9. The molecule has 2 aromatic carbocycles. The summed E-state index contributed by atoms with van der Waals surface area (Å²) < 4.78 is 53.1. The van der Waals surface area contributed by atoms with Crippen molar-refractivity contribution >= 4 is 11.9 Å². The van der Waals surface area contributed by atoms with Gasteiger partial charge in [0.05, 0.1) is 23.0 Å². The van der Waals surface area contributed by atoms with Gasteiger partial charge < -0.3 is 0 Å². The number of hydrogen-bond acceptors (Lipinski definition) is 3. The molecule has 2 N–H and O–H groups in total. The predicted molar refractivity (Wildman–Crippen MR) is 86.3 cm³/mol. The molecular formula is C18H15F4N3. The van der Waals surface area contributed by atoms with E-state index in [1.807, 2.05) is 0 Å². The van der Waals surface area contributed by atoms with Gasteiger partial charge in [0, 0.05) is 24.7 Å². The second-order valence-corrected chi connectivity index (χ2v) is 6.33. The van der Waals surface area contributed by atoms with Gasteiger partial charge in [-0.1, -0.05) is 18.2 Å². The summed E-state index contributed by atoms with van der Waals surface area (Å²) >= 11 is 0. The van der Waals surface area contributed by atoms with Crippen molar-refractivity contribution in [2.45, 2.75) is 24.3 Å². The van der Waals surface area contributed by atoms with Crippen LogP contribution in [0.25, 0.3) is 0 Å². The molecule has 1 unspecified atom stereocenters. The van der Waals surface area contributed by atoms with Crippen LogP contribution in [-0.4, -0.2) is 18.9 Å². The van der Waals surface area contributed by atoms with E-state index in [0.717, 1.165) is 6.07 Å². The largest absolute Gasteiger partial charge is 0.416 e. The van der Waals surface area contributed by atoms with Gasteiger partial charge in [-0.3, -0.25) is 15.6 Å². The van der Waals surface area contributed by atoms with E-state index < -0.39 is 17.3 Å². The maximum absolute atomic E-state index is 13.6. The van der Waals surface area contributed by atoms with E-state index in [4.69, 9.17) is 0 Å². The van der Waals surface area contributed by atoms with Gasteiger partial charge in [0.1, 0.15) is 5.82 Å². The Bertz CT molecular complexity index is 846. The molecule has 0 amide bonds. The number of rotatable bonds is 2. The van der Waals surface area contributed by atoms with Crippen LogP contribution in [0, 0.1) is 5.82 Å². The van der Waals surface area contributed by atoms with Crippen LogP contribution in [-0.2, 0) is 18.1 Å². The van der Waals surface area contributed by atoms with E-state index in [1.54, 1.807) is 18.3 Å². The molecule has 2 aliphatic rings. The van der Waals surface area contributed by atoms with E-state index in [-0.39, 0.29) is 24.0 Å². The average Bonchev–Trinajstić information content (AvgIpc) is 3.12. The van der Waals surface area contributed by atoms with Crippen LogP contribution in [0.15, 0.2) is 47.5 Å². The quantitative estimate of drug-likeness (QED) is 0.814. The summed E-state index contributed by atoms with van der Waals surface area (Å²) in [4.78, 5) is 4.30. The van der Waals surface area contributed by atoms with Gasteiger partial charge >= 0.3 is 6.18 Å². The maximum atomic E-state index is 13.6. The van der Waals surface area contributed by atoms with E-state index >= 15 is 0 Å². The van der Waals surface area contributed by atoms with Crippen molar-refractivity contribution in [1.82, 2.24) is 10.6 Å². The van der Waals surface area contributed by atoms with Gasteiger partial charge in [0.2, 0.25) is 0 Å². The molecule has 2 aliphatic heterocycles. The minimum atomic E-state index is -4.39. The highest BCUT2D eigenvalue weighted by molar-refractivity contribution is 5.85. The number of nitrogens with zero attached hydrogens (tertiary/aromatic N) is 1. The lowest BCUT2D eigenvalue weighted by molar-refractivity contribution is -0.138. The summed E-state index contributed by atoms with van der Waals surface area (Å²) in [5.41, 5.74) is 0.270. The Labute approximate surface area is 141 Å². The highest BCUT2D eigenvalue weighted by Crippen LogP contribution is 2.38. The van der Waals surface area contributed by atoms with Crippen molar-refractivity contribution in [3.05, 3.63) is 65.0 Å². The molecule has 0 aliphatic carbocycles. The monoisotopic (exact) mass is 349 g/mol. The van der Waals surface area contributed by atoms with Crippen LogP contribution in [0.1, 0.15) is 16.7 Å². The van der Waals surface area contributed by atoms with E-state index in [9.17, 15) is 17.6 Å². The first kappa shape index (κ1) is 16.2. The Morgan fingerprint density at radius 1 is 1.16 bits per heavy atom. The molecule has 25 heavy (non-hydrogen) atoms. The number of hydrogen-bond donors (Lipinski definition) is 2. The van der Waals surface area contributed by atoms with Crippen LogP contribution in [0.4, 0.5) is 23.2 Å². The third kappa shape index (κ3) is 2.83. The molecule has 1 spiro atoms. The van der Waals surface area contributed by atoms with Crippen molar-refractivity contribution in [3.8, 4) is 0 Å². The minimum absolute atomic E-state index is 0.163. The van der Waals surface area contributed by atoms with Crippen LogP contribution in [0.5, 0.6) is 0 Å². The minimum Gasteiger partial charge on any atom is -0.299 e. The number of fused-ring (bicyclic) bond motifs is 2. The molecule has 4 rings (SSSR count). The molecule has 2 atom stereocenters. The van der Waals surface area contributed by atoms with Crippen LogP contribution in [0.3, 0.4) is 0 Å². The summed E-state index contributed by atoms with van der Waals surface area (Å²) in [7, 11) is 0. The van der Waals surface area contributed by atoms with Gasteiger partial charge in [0.15, 0.2) is 0 Å². The topological polar surface area (TPSA) is 36.4 Å². The SMILES string of the molecule is Fc1ccc2c(c1)C1(C=N2)CN[C@@H](Cc2ccccc2C(F)(F)F)N1. The van der Waals surface area contributed by atoms with Crippen molar-refractivity contribution in [2.24, 2.45) is 4.99 Å². The fourth-order valence-electron chi connectivity index (χ4n) is 3.50. The molecular weight excluding hydrogens is 334 g/mol. The van der Waals surface area contributed by atoms with Gasteiger partial charge in [-0.2, -0.15) is 13.2 Å². The van der Waals surface area contributed by atoms with Crippen molar-refractivity contribution in [2.75, 3.05) is 6.54 Å². The maximum Gasteiger partial charge on any atom is 0.416 e. The molecule has 3 nitrogen and oxygen atoms in total. The Morgan fingerprint density at radius 2 is 1.96 bits per heavy atom. The second kappa shape index (κ2) is 5.64. The molecule has 0 radical (unpaired) electrons. The van der Waals surface area contributed by atoms with Crippen molar-refractivity contribution in [3.63, 3.8) is 0 Å². The summed E-state index contributed by atoms with van der Waals surface area (Å²) in [5, 5.41) is 6.47. The lowest BCUT2D eigenvalue weighted by atomic mass is 9.93. The van der Waals surface area contributed by atoms with E-state index in [2.05, 4.69) is 15.6 Å². The van der Waals surface area contributed by atoms with Gasteiger partial charge in [-0.05, 0) is 29.8 Å². The highest BCUT2D eigenvalue weighted by Gasteiger charge is 2.43. The number of alkyl halides is 3. The first-order chi connectivity index (χ1) is 11.9. The zero-order valence-corrected chi connectivity index (χ0v) is 13.1. The average molecular weight is 349 g/mol. The van der Waals surface area contributed by atoms with Gasteiger partial charge in [-0.25, -0.2) is 4.39 Å². The fraction of sp³-hybridized carbons (Fsp3) is 0.278.